The van der Waals surface area contributed by atoms with Crippen molar-refractivity contribution in [1.82, 2.24) is 15.1 Å². The Labute approximate surface area is 94.8 Å². The van der Waals surface area contributed by atoms with Crippen LogP contribution in [0.25, 0.3) is 0 Å². The first-order chi connectivity index (χ1) is 7.81. The number of rotatable bonds is 5. The lowest BCUT2D eigenvalue weighted by Gasteiger charge is -2.09. The molecule has 0 unspecified atom stereocenters. The van der Waals surface area contributed by atoms with Crippen LogP contribution in [0.1, 0.15) is 25.3 Å². The highest BCUT2D eigenvalue weighted by Gasteiger charge is 2.15. The fourth-order valence-corrected chi connectivity index (χ4v) is 1.92. The molecule has 0 amide bonds. The normalized spacial score (nSPS) is 20.5. The van der Waals surface area contributed by atoms with E-state index in [0.29, 0.717) is 24.8 Å². The minimum Gasteiger partial charge on any atom is -0.377 e. The zero-order chi connectivity index (χ0) is 11.4. The summed E-state index contributed by atoms with van der Waals surface area (Å²) in [6, 6.07) is 0. The van der Waals surface area contributed by atoms with Crippen LogP contribution in [0.5, 0.6) is 0 Å². The van der Waals surface area contributed by atoms with Gasteiger partial charge in [0.25, 0.3) is 0 Å². The van der Waals surface area contributed by atoms with Crippen molar-refractivity contribution in [3.05, 3.63) is 17.7 Å². The molecule has 0 bridgehead atoms. The van der Waals surface area contributed by atoms with E-state index in [1.54, 1.807) is 6.20 Å². The third-order valence-corrected chi connectivity index (χ3v) is 2.86. The van der Waals surface area contributed by atoms with E-state index in [2.05, 4.69) is 10.4 Å². The Bertz CT molecular complexity index is 334. The number of ether oxygens (including phenoxy) is 1. The Morgan fingerprint density at radius 3 is 3.19 bits per heavy atom. The molecule has 16 heavy (non-hydrogen) atoms. The van der Waals surface area contributed by atoms with E-state index >= 15 is 0 Å². The summed E-state index contributed by atoms with van der Waals surface area (Å²) in [5.74, 6) is -0.234. The number of hydrogen-bond acceptors (Lipinski definition) is 3. The molecule has 90 valence electrons. The first-order valence-electron chi connectivity index (χ1n) is 5.83. The lowest BCUT2D eigenvalue weighted by molar-refractivity contribution is 0.110. The number of nitrogens with zero attached hydrogens (tertiary/aromatic N) is 2. The predicted molar refractivity (Wildman–Crippen MR) is 58.5 cm³/mol. The first kappa shape index (κ1) is 11.5. The summed E-state index contributed by atoms with van der Waals surface area (Å²) in [5.41, 5.74) is 0.625. The van der Waals surface area contributed by atoms with Gasteiger partial charge < -0.3 is 10.1 Å². The predicted octanol–water partition coefficient (Wildman–Crippen LogP) is 1.31. The van der Waals surface area contributed by atoms with E-state index in [0.717, 1.165) is 26.0 Å². The van der Waals surface area contributed by atoms with Crippen molar-refractivity contribution in [3.63, 3.8) is 0 Å². The highest BCUT2D eigenvalue weighted by molar-refractivity contribution is 5.06. The van der Waals surface area contributed by atoms with Crippen LogP contribution in [0.2, 0.25) is 0 Å². The first-order valence-corrected chi connectivity index (χ1v) is 5.83. The van der Waals surface area contributed by atoms with Gasteiger partial charge in [-0.15, -0.1) is 0 Å². The van der Waals surface area contributed by atoms with Gasteiger partial charge in [-0.05, 0) is 19.8 Å². The molecule has 0 aliphatic carbocycles. The number of aromatic nitrogens is 2. The average Bonchev–Trinajstić information content (AvgIpc) is 2.90. The van der Waals surface area contributed by atoms with Crippen LogP contribution in [0.15, 0.2) is 6.20 Å². The van der Waals surface area contributed by atoms with Gasteiger partial charge in [0.05, 0.1) is 12.3 Å². The zero-order valence-corrected chi connectivity index (χ0v) is 9.58. The molecule has 1 aromatic heterocycles. The van der Waals surface area contributed by atoms with Crippen molar-refractivity contribution in [1.29, 1.82) is 0 Å². The molecule has 5 heteroatoms. The Kier molecular flexibility index (Phi) is 3.90. The summed E-state index contributed by atoms with van der Waals surface area (Å²) in [6.07, 6.45) is 4.11. The highest BCUT2D eigenvalue weighted by atomic mass is 19.1. The molecular formula is C11H18FN3O. The molecule has 1 aliphatic heterocycles. The molecule has 1 N–H and O–H groups in total. The van der Waals surface area contributed by atoms with Gasteiger partial charge in [0, 0.05) is 31.8 Å². The van der Waals surface area contributed by atoms with Crippen LogP contribution in [0, 0.1) is 5.95 Å². The Balaban J connectivity index is 1.78. The van der Waals surface area contributed by atoms with Crippen LogP contribution in [0.4, 0.5) is 4.39 Å². The van der Waals surface area contributed by atoms with Gasteiger partial charge >= 0.3 is 0 Å². The average molecular weight is 227 g/mol. The number of hydrogen-bond donors (Lipinski definition) is 1. The third kappa shape index (κ3) is 2.59. The number of halogens is 1. The topological polar surface area (TPSA) is 39.1 Å². The lowest BCUT2D eigenvalue weighted by Crippen LogP contribution is -2.26. The van der Waals surface area contributed by atoms with E-state index in [1.165, 1.54) is 4.68 Å². The van der Waals surface area contributed by atoms with Crippen molar-refractivity contribution >= 4 is 0 Å². The molecule has 4 nitrogen and oxygen atoms in total. The van der Waals surface area contributed by atoms with Crippen LogP contribution < -0.4 is 5.32 Å². The summed E-state index contributed by atoms with van der Waals surface area (Å²) in [7, 11) is 0. The summed E-state index contributed by atoms with van der Waals surface area (Å²) < 4.78 is 20.4. The largest absolute Gasteiger partial charge is 0.377 e. The minimum absolute atomic E-state index is 0.234. The summed E-state index contributed by atoms with van der Waals surface area (Å²) >= 11 is 0. The van der Waals surface area contributed by atoms with Crippen molar-refractivity contribution < 1.29 is 9.13 Å². The van der Waals surface area contributed by atoms with E-state index in [4.69, 9.17) is 4.74 Å². The lowest BCUT2D eigenvalue weighted by atomic mass is 10.2. The van der Waals surface area contributed by atoms with E-state index in [-0.39, 0.29) is 5.95 Å². The standard InChI is InChI=1S/C11H18FN3O/c1-2-15-11(12)9(7-14-15)6-13-8-10-4-3-5-16-10/h7,10,13H,2-6,8H2,1H3/t10-/m1/s1. The van der Waals surface area contributed by atoms with Crippen LogP contribution >= 0.6 is 0 Å². The quantitative estimate of drug-likeness (QED) is 0.824. The van der Waals surface area contributed by atoms with Gasteiger partial charge in [-0.25, -0.2) is 4.68 Å². The van der Waals surface area contributed by atoms with Crippen LogP contribution in [-0.4, -0.2) is 29.0 Å². The molecule has 0 spiro atoms. The second-order valence-corrected chi connectivity index (χ2v) is 4.04. The van der Waals surface area contributed by atoms with Crippen LogP contribution in [0.3, 0.4) is 0 Å². The Morgan fingerprint density at radius 2 is 2.56 bits per heavy atom. The SMILES string of the molecule is CCn1ncc(CNC[C@H]2CCCO2)c1F. The zero-order valence-electron chi connectivity index (χ0n) is 9.58. The van der Waals surface area contributed by atoms with Gasteiger partial charge in [-0.1, -0.05) is 0 Å². The summed E-state index contributed by atoms with van der Waals surface area (Å²) in [5, 5.41) is 7.16. The summed E-state index contributed by atoms with van der Waals surface area (Å²) in [6.45, 7) is 4.61. The van der Waals surface area contributed by atoms with E-state index in [9.17, 15) is 4.39 Å². The smallest absolute Gasteiger partial charge is 0.215 e. The Morgan fingerprint density at radius 1 is 1.69 bits per heavy atom. The van der Waals surface area contributed by atoms with Gasteiger partial charge in [0.15, 0.2) is 0 Å². The van der Waals surface area contributed by atoms with Crippen molar-refractivity contribution in [2.24, 2.45) is 0 Å². The number of aryl methyl sites for hydroxylation is 1. The van der Waals surface area contributed by atoms with Gasteiger partial charge in [0.1, 0.15) is 0 Å². The highest BCUT2D eigenvalue weighted by Crippen LogP contribution is 2.11. The van der Waals surface area contributed by atoms with Crippen LogP contribution in [-0.2, 0) is 17.8 Å². The molecule has 1 fully saturated rings. The van der Waals surface area contributed by atoms with Crippen molar-refractivity contribution in [3.8, 4) is 0 Å². The van der Waals surface area contributed by atoms with E-state index < -0.39 is 0 Å². The number of nitrogens with one attached hydrogen (secondary N) is 1. The second-order valence-electron chi connectivity index (χ2n) is 4.04. The molecule has 1 saturated heterocycles. The molecule has 2 rings (SSSR count). The van der Waals surface area contributed by atoms with Gasteiger partial charge in [-0.3, -0.25) is 0 Å². The molecule has 0 aromatic carbocycles. The van der Waals surface area contributed by atoms with E-state index in [1.807, 2.05) is 6.92 Å². The molecule has 0 radical (unpaired) electrons. The monoisotopic (exact) mass is 227 g/mol. The molecule has 1 atom stereocenters. The fourth-order valence-electron chi connectivity index (χ4n) is 1.92. The van der Waals surface area contributed by atoms with Crippen molar-refractivity contribution in [2.75, 3.05) is 13.2 Å². The maximum absolute atomic E-state index is 13.6. The van der Waals surface area contributed by atoms with Gasteiger partial charge in [0.2, 0.25) is 5.95 Å². The maximum Gasteiger partial charge on any atom is 0.215 e. The Hall–Kier alpha value is -0.940. The third-order valence-electron chi connectivity index (χ3n) is 2.86. The molecule has 1 aromatic rings. The van der Waals surface area contributed by atoms with Crippen molar-refractivity contribution in [2.45, 2.75) is 39.0 Å². The molecule has 1 aliphatic rings. The molecule has 0 saturated carbocycles. The molecular weight excluding hydrogens is 209 g/mol. The second kappa shape index (κ2) is 5.41. The molecule has 2 heterocycles. The minimum atomic E-state index is -0.234. The summed E-state index contributed by atoms with van der Waals surface area (Å²) in [4.78, 5) is 0. The maximum atomic E-state index is 13.6. The fraction of sp³-hybridized carbons (Fsp3) is 0.727. The van der Waals surface area contributed by atoms with Gasteiger partial charge in [-0.2, -0.15) is 9.49 Å².